The van der Waals surface area contributed by atoms with Crippen LogP contribution in [0.25, 0.3) is 0 Å². The van der Waals surface area contributed by atoms with Gasteiger partial charge in [0.1, 0.15) is 11.9 Å². The molecule has 0 radical (unpaired) electrons. The van der Waals surface area contributed by atoms with E-state index < -0.39 is 6.04 Å². The number of halogens is 1. The Bertz CT molecular complexity index is 578. The first-order valence-corrected chi connectivity index (χ1v) is 7.02. The molecule has 0 aromatic heterocycles. The summed E-state index contributed by atoms with van der Waals surface area (Å²) in [6.45, 7) is 7.94. The van der Waals surface area contributed by atoms with Gasteiger partial charge in [-0.15, -0.1) is 0 Å². The van der Waals surface area contributed by atoms with Crippen molar-refractivity contribution in [1.29, 1.82) is 0 Å². The van der Waals surface area contributed by atoms with Crippen molar-refractivity contribution in [2.45, 2.75) is 40.3 Å². The maximum absolute atomic E-state index is 13.2. The van der Waals surface area contributed by atoms with Crippen molar-refractivity contribution in [1.82, 2.24) is 10.2 Å². The number of aryl methyl sites for hydroxylation is 1. The van der Waals surface area contributed by atoms with E-state index in [1.165, 1.54) is 12.1 Å². The van der Waals surface area contributed by atoms with E-state index in [9.17, 15) is 14.0 Å². The van der Waals surface area contributed by atoms with Gasteiger partial charge in [0.15, 0.2) is 0 Å². The minimum Gasteiger partial charge on any atom is -0.345 e. The smallest absolute Gasteiger partial charge is 0.243 e. The number of nitrogens with one attached hydrogen (secondary N) is 1. The maximum atomic E-state index is 13.2. The molecule has 1 aromatic carbocycles. The van der Waals surface area contributed by atoms with Crippen LogP contribution < -0.4 is 5.32 Å². The largest absolute Gasteiger partial charge is 0.345 e. The van der Waals surface area contributed by atoms with Gasteiger partial charge in [-0.25, -0.2) is 4.39 Å². The SMILES string of the molecule is Cc1cc(F)ccc1CN1C(=O)CNC(=O)C1C(C)(C)C. The molecule has 1 heterocycles. The Balaban J connectivity index is 2.33. The summed E-state index contributed by atoms with van der Waals surface area (Å²) in [6.07, 6.45) is 0. The molecule has 1 saturated heterocycles. The van der Waals surface area contributed by atoms with Gasteiger partial charge >= 0.3 is 0 Å². The molecule has 114 valence electrons. The van der Waals surface area contributed by atoms with E-state index in [1.54, 1.807) is 17.9 Å². The second kappa shape index (κ2) is 5.47. The lowest BCUT2D eigenvalue weighted by atomic mass is 9.83. The molecule has 1 aliphatic rings. The minimum absolute atomic E-state index is 0.0195. The first-order chi connectivity index (χ1) is 9.70. The Morgan fingerprint density at radius 2 is 2.00 bits per heavy atom. The van der Waals surface area contributed by atoms with Gasteiger partial charge in [-0.05, 0) is 35.6 Å². The van der Waals surface area contributed by atoms with E-state index in [0.29, 0.717) is 6.54 Å². The lowest BCUT2D eigenvalue weighted by molar-refractivity contribution is -0.150. The number of amides is 2. The molecule has 21 heavy (non-hydrogen) atoms. The molecule has 2 rings (SSSR count). The van der Waals surface area contributed by atoms with Crippen LogP contribution in [-0.4, -0.2) is 29.3 Å². The van der Waals surface area contributed by atoms with Crippen LogP contribution in [0.2, 0.25) is 0 Å². The molecule has 1 fully saturated rings. The van der Waals surface area contributed by atoms with Gasteiger partial charge in [0.25, 0.3) is 0 Å². The van der Waals surface area contributed by atoms with Gasteiger partial charge in [0.05, 0.1) is 6.54 Å². The van der Waals surface area contributed by atoms with E-state index in [0.717, 1.165) is 11.1 Å². The molecular weight excluding hydrogens is 271 g/mol. The molecule has 4 nitrogen and oxygen atoms in total. The fourth-order valence-electron chi connectivity index (χ4n) is 2.71. The van der Waals surface area contributed by atoms with E-state index in [1.807, 2.05) is 20.8 Å². The predicted molar refractivity (Wildman–Crippen MR) is 77.9 cm³/mol. The monoisotopic (exact) mass is 292 g/mol. The summed E-state index contributed by atoms with van der Waals surface area (Å²) in [5.41, 5.74) is 1.27. The molecule has 1 atom stereocenters. The highest BCUT2D eigenvalue weighted by molar-refractivity contribution is 5.95. The van der Waals surface area contributed by atoms with Gasteiger partial charge in [-0.2, -0.15) is 0 Å². The van der Waals surface area contributed by atoms with E-state index in [-0.39, 0.29) is 29.6 Å². The molecule has 5 heteroatoms. The van der Waals surface area contributed by atoms with E-state index in [4.69, 9.17) is 0 Å². The number of piperazine rings is 1. The first kappa shape index (κ1) is 15.5. The average Bonchev–Trinajstić information content (AvgIpc) is 2.35. The highest BCUT2D eigenvalue weighted by Gasteiger charge is 2.42. The molecular formula is C16H21FN2O2. The quantitative estimate of drug-likeness (QED) is 0.906. The standard InChI is InChI=1S/C16H21FN2O2/c1-10-7-12(17)6-5-11(10)9-19-13(20)8-18-15(21)14(19)16(2,3)4/h5-7,14H,8-9H2,1-4H3,(H,18,21). The Morgan fingerprint density at radius 1 is 1.33 bits per heavy atom. The summed E-state index contributed by atoms with van der Waals surface area (Å²) in [6, 6.07) is 3.96. The summed E-state index contributed by atoms with van der Waals surface area (Å²) < 4.78 is 13.2. The Labute approximate surface area is 124 Å². The Hall–Kier alpha value is -1.91. The second-order valence-corrected chi connectivity index (χ2v) is 6.58. The molecule has 1 aliphatic heterocycles. The van der Waals surface area contributed by atoms with Crippen LogP contribution in [0.15, 0.2) is 18.2 Å². The zero-order valence-electron chi connectivity index (χ0n) is 12.9. The molecule has 0 saturated carbocycles. The van der Waals surface area contributed by atoms with Crippen molar-refractivity contribution in [3.63, 3.8) is 0 Å². The van der Waals surface area contributed by atoms with E-state index >= 15 is 0 Å². The predicted octanol–water partition coefficient (Wildman–Crippen LogP) is 2.01. The minimum atomic E-state index is -0.525. The molecule has 2 amide bonds. The number of benzene rings is 1. The summed E-state index contributed by atoms with van der Waals surface area (Å²) in [5.74, 6) is -0.550. The van der Waals surface area contributed by atoms with Crippen LogP contribution in [0.4, 0.5) is 4.39 Å². The van der Waals surface area contributed by atoms with Gasteiger partial charge in [0, 0.05) is 6.54 Å². The number of rotatable bonds is 2. The van der Waals surface area contributed by atoms with Gasteiger partial charge < -0.3 is 10.2 Å². The fourth-order valence-corrected chi connectivity index (χ4v) is 2.71. The summed E-state index contributed by atoms with van der Waals surface area (Å²) >= 11 is 0. The van der Waals surface area contributed by atoms with Crippen molar-refractivity contribution in [3.8, 4) is 0 Å². The number of carbonyl (C=O) groups excluding carboxylic acids is 2. The van der Waals surface area contributed by atoms with Crippen LogP contribution in [0.1, 0.15) is 31.9 Å². The van der Waals surface area contributed by atoms with E-state index in [2.05, 4.69) is 5.32 Å². The number of hydrogen-bond acceptors (Lipinski definition) is 2. The molecule has 0 spiro atoms. The third kappa shape index (κ3) is 3.23. The normalized spacial score (nSPS) is 19.7. The molecule has 1 aromatic rings. The zero-order valence-corrected chi connectivity index (χ0v) is 12.9. The van der Waals surface area contributed by atoms with Crippen molar-refractivity contribution in [2.75, 3.05) is 6.54 Å². The van der Waals surface area contributed by atoms with Crippen molar-refractivity contribution in [3.05, 3.63) is 35.1 Å². The topological polar surface area (TPSA) is 49.4 Å². The van der Waals surface area contributed by atoms with Crippen LogP contribution >= 0.6 is 0 Å². The lowest BCUT2D eigenvalue weighted by Crippen LogP contribution is -2.62. The van der Waals surface area contributed by atoms with Crippen molar-refractivity contribution < 1.29 is 14.0 Å². The van der Waals surface area contributed by atoms with Gasteiger partial charge in [-0.3, -0.25) is 9.59 Å². The zero-order chi connectivity index (χ0) is 15.8. The Kier molecular flexibility index (Phi) is 4.03. The van der Waals surface area contributed by atoms with Crippen LogP contribution in [0.5, 0.6) is 0 Å². The molecule has 0 bridgehead atoms. The first-order valence-electron chi connectivity index (χ1n) is 7.02. The summed E-state index contributed by atoms with van der Waals surface area (Å²) in [5, 5.41) is 2.64. The van der Waals surface area contributed by atoms with Gasteiger partial charge in [-0.1, -0.05) is 26.8 Å². The Morgan fingerprint density at radius 3 is 2.57 bits per heavy atom. The number of carbonyl (C=O) groups is 2. The third-order valence-corrected chi connectivity index (χ3v) is 3.76. The summed E-state index contributed by atoms with van der Waals surface area (Å²) in [4.78, 5) is 26.0. The second-order valence-electron chi connectivity index (χ2n) is 6.58. The molecule has 1 N–H and O–H groups in total. The summed E-state index contributed by atoms with van der Waals surface area (Å²) in [7, 11) is 0. The van der Waals surface area contributed by atoms with Crippen LogP contribution in [-0.2, 0) is 16.1 Å². The van der Waals surface area contributed by atoms with Crippen LogP contribution in [0, 0.1) is 18.2 Å². The third-order valence-electron chi connectivity index (χ3n) is 3.76. The molecule has 1 unspecified atom stereocenters. The highest BCUT2D eigenvalue weighted by atomic mass is 19.1. The number of nitrogens with zero attached hydrogens (tertiary/aromatic N) is 1. The van der Waals surface area contributed by atoms with Crippen molar-refractivity contribution in [2.24, 2.45) is 5.41 Å². The molecule has 0 aliphatic carbocycles. The fraction of sp³-hybridized carbons (Fsp3) is 0.500. The van der Waals surface area contributed by atoms with Gasteiger partial charge in [0.2, 0.25) is 11.8 Å². The lowest BCUT2D eigenvalue weighted by Gasteiger charge is -2.42. The number of hydrogen-bond donors (Lipinski definition) is 1. The van der Waals surface area contributed by atoms with Crippen LogP contribution in [0.3, 0.4) is 0 Å². The highest BCUT2D eigenvalue weighted by Crippen LogP contribution is 2.28. The average molecular weight is 292 g/mol. The van der Waals surface area contributed by atoms with Crippen molar-refractivity contribution >= 4 is 11.8 Å². The maximum Gasteiger partial charge on any atom is 0.243 e.